The molecule has 0 unspecified atom stereocenters. The molecular weight excluding hydrogens is 232 g/mol. The Balaban J connectivity index is 2.24. The average molecular weight is 248 g/mol. The molecule has 1 N–H and O–H groups in total. The summed E-state index contributed by atoms with van der Waals surface area (Å²) in [6, 6.07) is 8.19. The van der Waals surface area contributed by atoms with E-state index >= 15 is 0 Å². The molecule has 0 aliphatic heterocycles. The third-order valence-corrected chi connectivity index (χ3v) is 3.21. The Hall–Kier alpha value is -1.33. The second kappa shape index (κ2) is 5.84. The van der Waals surface area contributed by atoms with Gasteiger partial charge in [-0.05, 0) is 24.9 Å². The van der Waals surface area contributed by atoms with Crippen molar-refractivity contribution in [2.75, 3.05) is 12.8 Å². The minimum absolute atomic E-state index is 0.762. The molecule has 4 nitrogen and oxygen atoms in total. The van der Waals surface area contributed by atoms with E-state index in [0.29, 0.717) is 0 Å². The van der Waals surface area contributed by atoms with E-state index in [1.165, 1.54) is 4.90 Å². The van der Waals surface area contributed by atoms with Gasteiger partial charge in [0.25, 0.3) is 0 Å². The van der Waals surface area contributed by atoms with E-state index < -0.39 is 0 Å². The lowest BCUT2D eigenvalue weighted by Gasteiger charge is -2.05. The van der Waals surface area contributed by atoms with E-state index in [-0.39, 0.29) is 0 Å². The zero-order valence-electron chi connectivity index (χ0n) is 10.1. The Labute approximate surface area is 105 Å². The quantitative estimate of drug-likeness (QED) is 0.823. The van der Waals surface area contributed by atoms with E-state index in [2.05, 4.69) is 40.9 Å². The van der Waals surface area contributed by atoms with Gasteiger partial charge in [0.05, 0.1) is 17.6 Å². The first kappa shape index (κ1) is 12.1. The number of benzene rings is 1. The normalized spacial score (nSPS) is 10.7. The Morgan fingerprint density at radius 2 is 2.18 bits per heavy atom. The van der Waals surface area contributed by atoms with E-state index in [4.69, 9.17) is 0 Å². The highest BCUT2D eigenvalue weighted by atomic mass is 32.2. The van der Waals surface area contributed by atoms with Crippen molar-refractivity contribution in [3.05, 3.63) is 36.2 Å². The number of nitrogens with one attached hydrogen (secondary N) is 1. The molecule has 0 aliphatic carbocycles. The van der Waals surface area contributed by atoms with E-state index in [9.17, 15) is 0 Å². The predicted molar refractivity (Wildman–Crippen MR) is 70.5 cm³/mol. The smallest absolute Gasteiger partial charge is 0.0969 e. The van der Waals surface area contributed by atoms with Crippen LogP contribution in [0.3, 0.4) is 0 Å². The highest BCUT2D eigenvalue weighted by Gasteiger charge is 2.05. The van der Waals surface area contributed by atoms with Crippen LogP contribution in [-0.4, -0.2) is 27.8 Å². The lowest BCUT2D eigenvalue weighted by molar-refractivity contribution is 0.705. The molecule has 0 aliphatic rings. The molecule has 2 aromatic rings. The summed E-state index contributed by atoms with van der Waals surface area (Å²) < 4.78 is 1.83. The van der Waals surface area contributed by atoms with Crippen LogP contribution in [0.4, 0.5) is 0 Å². The van der Waals surface area contributed by atoms with Crippen molar-refractivity contribution in [2.24, 2.45) is 0 Å². The van der Waals surface area contributed by atoms with Crippen molar-refractivity contribution in [3.63, 3.8) is 0 Å². The molecule has 5 heteroatoms. The zero-order valence-corrected chi connectivity index (χ0v) is 10.9. The predicted octanol–water partition coefficient (Wildman–Crippen LogP) is 2.10. The molecule has 0 fully saturated rings. The number of rotatable bonds is 5. The highest BCUT2D eigenvalue weighted by Crippen LogP contribution is 2.22. The van der Waals surface area contributed by atoms with Gasteiger partial charge < -0.3 is 5.32 Å². The Bertz CT molecular complexity index is 481. The van der Waals surface area contributed by atoms with E-state index in [1.54, 1.807) is 11.8 Å². The van der Waals surface area contributed by atoms with E-state index in [0.717, 1.165) is 24.5 Å². The summed E-state index contributed by atoms with van der Waals surface area (Å²) in [6.07, 6.45) is 4.03. The Morgan fingerprint density at radius 3 is 2.94 bits per heavy atom. The summed E-state index contributed by atoms with van der Waals surface area (Å²) in [5.74, 6) is 0. The van der Waals surface area contributed by atoms with Gasteiger partial charge in [-0.1, -0.05) is 24.3 Å². The van der Waals surface area contributed by atoms with Crippen molar-refractivity contribution in [1.29, 1.82) is 0 Å². The number of hydrogen-bond donors (Lipinski definition) is 1. The molecule has 0 spiro atoms. The van der Waals surface area contributed by atoms with Crippen LogP contribution in [0.1, 0.15) is 12.6 Å². The molecule has 2 rings (SSSR count). The minimum Gasteiger partial charge on any atom is -0.311 e. The van der Waals surface area contributed by atoms with E-state index in [1.807, 2.05) is 23.0 Å². The SMILES string of the molecule is CCNCc1cn(-c2ccccc2SC)nn1. The maximum Gasteiger partial charge on any atom is 0.0969 e. The molecule has 0 saturated carbocycles. The molecule has 0 bridgehead atoms. The molecule has 17 heavy (non-hydrogen) atoms. The first-order valence-electron chi connectivity index (χ1n) is 5.60. The fraction of sp³-hybridized carbons (Fsp3) is 0.333. The van der Waals surface area contributed by atoms with Gasteiger partial charge >= 0.3 is 0 Å². The fourth-order valence-corrected chi connectivity index (χ4v) is 2.15. The van der Waals surface area contributed by atoms with Crippen LogP contribution in [0, 0.1) is 0 Å². The van der Waals surface area contributed by atoms with Crippen molar-refractivity contribution in [2.45, 2.75) is 18.4 Å². The summed E-state index contributed by atoms with van der Waals surface area (Å²) in [5.41, 5.74) is 2.04. The monoisotopic (exact) mass is 248 g/mol. The molecular formula is C12H16N4S. The first-order chi connectivity index (χ1) is 8.35. The van der Waals surface area contributed by atoms with Crippen molar-refractivity contribution < 1.29 is 0 Å². The number of aromatic nitrogens is 3. The number of hydrogen-bond acceptors (Lipinski definition) is 4. The Morgan fingerprint density at radius 1 is 1.35 bits per heavy atom. The summed E-state index contributed by atoms with van der Waals surface area (Å²) in [6.45, 7) is 3.78. The molecule has 1 heterocycles. The molecule has 0 saturated heterocycles. The van der Waals surface area contributed by atoms with Crippen LogP contribution >= 0.6 is 11.8 Å². The maximum absolute atomic E-state index is 4.16. The minimum atomic E-state index is 0.762. The van der Waals surface area contributed by atoms with Crippen LogP contribution in [0.25, 0.3) is 5.69 Å². The molecule has 0 atom stereocenters. The van der Waals surface area contributed by atoms with Gasteiger partial charge in [0.15, 0.2) is 0 Å². The van der Waals surface area contributed by atoms with Crippen LogP contribution < -0.4 is 5.32 Å². The third-order valence-electron chi connectivity index (χ3n) is 2.43. The van der Waals surface area contributed by atoms with Crippen molar-refractivity contribution in [1.82, 2.24) is 20.3 Å². The van der Waals surface area contributed by atoms with Gasteiger partial charge in [0, 0.05) is 11.4 Å². The van der Waals surface area contributed by atoms with Gasteiger partial charge in [0.1, 0.15) is 0 Å². The standard InChI is InChI=1S/C12H16N4S/c1-3-13-8-10-9-16(15-14-10)11-6-4-5-7-12(11)17-2/h4-7,9,13H,3,8H2,1-2H3. The summed E-state index contributed by atoms with van der Waals surface area (Å²) >= 11 is 1.71. The first-order valence-corrected chi connectivity index (χ1v) is 6.83. The van der Waals surface area contributed by atoms with Crippen molar-refractivity contribution in [3.8, 4) is 5.69 Å². The number of para-hydroxylation sites is 1. The molecule has 0 amide bonds. The Kier molecular flexibility index (Phi) is 4.17. The largest absolute Gasteiger partial charge is 0.311 e. The van der Waals surface area contributed by atoms with Gasteiger partial charge in [-0.15, -0.1) is 16.9 Å². The van der Waals surface area contributed by atoms with Crippen LogP contribution in [0.5, 0.6) is 0 Å². The zero-order chi connectivity index (χ0) is 12.1. The van der Waals surface area contributed by atoms with Crippen LogP contribution in [-0.2, 0) is 6.54 Å². The molecule has 1 aromatic carbocycles. The number of nitrogens with zero attached hydrogens (tertiary/aromatic N) is 3. The van der Waals surface area contributed by atoms with Gasteiger partial charge in [-0.2, -0.15) is 0 Å². The second-order valence-corrected chi connectivity index (χ2v) is 4.45. The molecule has 0 radical (unpaired) electrons. The summed E-state index contributed by atoms with van der Waals surface area (Å²) in [7, 11) is 0. The average Bonchev–Trinajstić information content (AvgIpc) is 2.85. The van der Waals surface area contributed by atoms with Crippen LogP contribution in [0.15, 0.2) is 35.4 Å². The third kappa shape index (κ3) is 2.87. The summed E-state index contributed by atoms with van der Waals surface area (Å²) in [5, 5.41) is 11.5. The second-order valence-electron chi connectivity index (χ2n) is 3.61. The van der Waals surface area contributed by atoms with Crippen LogP contribution in [0.2, 0.25) is 0 Å². The topological polar surface area (TPSA) is 42.7 Å². The molecule has 90 valence electrons. The fourth-order valence-electron chi connectivity index (χ4n) is 1.57. The van der Waals surface area contributed by atoms with Gasteiger partial charge in [-0.25, -0.2) is 4.68 Å². The maximum atomic E-state index is 4.16. The molecule has 1 aromatic heterocycles. The highest BCUT2D eigenvalue weighted by molar-refractivity contribution is 7.98. The lowest BCUT2D eigenvalue weighted by Crippen LogP contribution is -2.11. The van der Waals surface area contributed by atoms with Crippen molar-refractivity contribution >= 4 is 11.8 Å². The number of thioether (sulfide) groups is 1. The van der Waals surface area contributed by atoms with Gasteiger partial charge in [-0.3, -0.25) is 0 Å². The van der Waals surface area contributed by atoms with Gasteiger partial charge in [0.2, 0.25) is 0 Å². The summed E-state index contributed by atoms with van der Waals surface area (Å²) in [4.78, 5) is 1.20. The lowest BCUT2D eigenvalue weighted by atomic mass is 10.3.